The third-order valence-corrected chi connectivity index (χ3v) is 4.45. The Hall–Kier alpha value is -4.26. The maximum absolute atomic E-state index is 12.3. The number of hydrogen-bond donors (Lipinski definition) is 0. The summed E-state index contributed by atoms with van der Waals surface area (Å²) in [7, 11) is 1.54. The molecule has 0 atom stereocenters. The van der Waals surface area contributed by atoms with E-state index in [1.165, 1.54) is 6.08 Å². The van der Waals surface area contributed by atoms with E-state index in [-0.39, 0.29) is 18.8 Å². The van der Waals surface area contributed by atoms with Gasteiger partial charge in [0.25, 0.3) is 0 Å². The van der Waals surface area contributed by atoms with Crippen molar-refractivity contribution in [2.45, 2.75) is 6.42 Å². The molecule has 2 aromatic carbocycles. The molecule has 0 amide bonds. The third kappa shape index (κ3) is 9.25. The largest absolute Gasteiger partial charge is 0.493 e. The summed E-state index contributed by atoms with van der Waals surface area (Å²) in [5, 5.41) is 0. The Balaban J connectivity index is 1.93. The molecule has 2 rings (SSSR count). The molecule has 0 saturated carbocycles. The molecule has 0 bridgehead atoms. The van der Waals surface area contributed by atoms with Crippen LogP contribution in [0.15, 0.2) is 80.4 Å². The molecule has 2 aromatic rings. The Morgan fingerprint density at radius 3 is 2.03 bits per heavy atom. The van der Waals surface area contributed by atoms with Gasteiger partial charge in [0.2, 0.25) is 0 Å². The zero-order valence-electron chi connectivity index (χ0n) is 19.9. The van der Waals surface area contributed by atoms with Crippen molar-refractivity contribution in [3.8, 4) is 23.0 Å². The summed E-state index contributed by atoms with van der Waals surface area (Å²) in [6.07, 6.45) is 7.75. The second kappa shape index (κ2) is 14.8. The maximum Gasteiger partial charge on any atom is 0.331 e. The fourth-order valence-corrected chi connectivity index (χ4v) is 2.89. The van der Waals surface area contributed by atoms with Crippen LogP contribution in [0.3, 0.4) is 0 Å². The Morgan fingerprint density at radius 2 is 1.40 bits per heavy atom. The summed E-state index contributed by atoms with van der Waals surface area (Å²) in [6.45, 7) is 11.5. The predicted molar refractivity (Wildman–Crippen MR) is 135 cm³/mol. The SMILES string of the molecule is C=CCOc1cc(/C=C/C(=O)OCC(=O)Cc2ccc(OCC=C)c(OCC=C)c2)ccc1OC. The minimum absolute atomic E-state index is 0.0751. The highest BCUT2D eigenvalue weighted by Gasteiger charge is 2.11. The summed E-state index contributed by atoms with van der Waals surface area (Å²) in [5.74, 6) is 1.23. The van der Waals surface area contributed by atoms with E-state index in [4.69, 9.17) is 23.7 Å². The van der Waals surface area contributed by atoms with E-state index in [1.807, 2.05) is 0 Å². The number of benzene rings is 2. The molecule has 0 N–H and O–H groups in total. The van der Waals surface area contributed by atoms with Crippen LogP contribution in [0.25, 0.3) is 6.08 Å². The monoisotopic (exact) mass is 478 g/mol. The number of hydrogen-bond acceptors (Lipinski definition) is 7. The first-order valence-corrected chi connectivity index (χ1v) is 10.9. The number of ether oxygens (including phenoxy) is 5. The lowest BCUT2D eigenvalue weighted by Crippen LogP contribution is -2.14. The summed E-state index contributed by atoms with van der Waals surface area (Å²) in [6, 6.07) is 10.4. The lowest BCUT2D eigenvalue weighted by molar-refractivity contribution is -0.142. The average molecular weight is 479 g/mol. The van der Waals surface area contributed by atoms with Crippen molar-refractivity contribution in [1.29, 1.82) is 0 Å². The molecule has 0 aliphatic carbocycles. The average Bonchev–Trinajstić information content (AvgIpc) is 2.87. The molecule has 7 heteroatoms. The lowest BCUT2D eigenvalue weighted by Gasteiger charge is -2.12. The van der Waals surface area contributed by atoms with E-state index in [1.54, 1.807) is 67.8 Å². The molecule has 184 valence electrons. The first-order valence-electron chi connectivity index (χ1n) is 10.9. The summed E-state index contributed by atoms with van der Waals surface area (Å²) in [5.41, 5.74) is 1.41. The molecule has 0 radical (unpaired) electrons. The quantitative estimate of drug-likeness (QED) is 0.196. The second-order valence-corrected chi connectivity index (χ2v) is 7.15. The first kappa shape index (κ1) is 27.0. The van der Waals surface area contributed by atoms with Crippen LogP contribution in [-0.4, -0.2) is 45.3 Å². The zero-order chi connectivity index (χ0) is 25.5. The van der Waals surface area contributed by atoms with Gasteiger partial charge >= 0.3 is 5.97 Å². The molecule has 0 heterocycles. The molecule has 35 heavy (non-hydrogen) atoms. The van der Waals surface area contributed by atoms with Gasteiger partial charge in [-0.25, -0.2) is 4.79 Å². The molecule has 0 unspecified atom stereocenters. The van der Waals surface area contributed by atoms with Gasteiger partial charge in [0, 0.05) is 12.5 Å². The van der Waals surface area contributed by atoms with Gasteiger partial charge in [-0.1, -0.05) is 50.1 Å². The van der Waals surface area contributed by atoms with Gasteiger partial charge in [-0.15, -0.1) is 0 Å². The number of esters is 1. The van der Waals surface area contributed by atoms with Gasteiger partial charge in [-0.2, -0.15) is 0 Å². The molecule has 0 saturated heterocycles. The minimum Gasteiger partial charge on any atom is -0.493 e. The fraction of sp³-hybridized carbons (Fsp3) is 0.214. The van der Waals surface area contributed by atoms with Crippen LogP contribution in [-0.2, 0) is 20.7 Å². The lowest BCUT2D eigenvalue weighted by atomic mass is 10.1. The Morgan fingerprint density at radius 1 is 0.800 bits per heavy atom. The Bertz CT molecular complexity index is 1070. The highest BCUT2D eigenvalue weighted by Crippen LogP contribution is 2.29. The molecule has 0 spiro atoms. The summed E-state index contributed by atoms with van der Waals surface area (Å²) >= 11 is 0. The van der Waals surface area contributed by atoms with E-state index < -0.39 is 5.97 Å². The fourth-order valence-electron chi connectivity index (χ4n) is 2.89. The number of rotatable bonds is 16. The molecule has 0 aliphatic rings. The van der Waals surface area contributed by atoms with E-state index in [9.17, 15) is 9.59 Å². The van der Waals surface area contributed by atoms with E-state index in [0.29, 0.717) is 53.9 Å². The highest BCUT2D eigenvalue weighted by atomic mass is 16.5. The summed E-state index contributed by atoms with van der Waals surface area (Å²) in [4.78, 5) is 24.4. The minimum atomic E-state index is -0.633. The summed E-state index contributed by atoms with van der Waals surface area (Å²) < 4.78 is 27.1. The van der Waals surface area contributed by atoms with Gasteiger partial charge < -0.3 is 23.7 Å². The van der Waals surface area contributed by atoms with Crippen molar-refractivity contribution in [2.75, 3.05) is 33.5 Å². The van der Waals surface area contributed by atoms with Crippen molar-refractivity contribution in [3.05, 3.63) is 91.6 Å². The van der Waals surface area contributed by atoms with Crippen molar-refractivity contribution < 1.29 is 33.3 Å². The molecule has 0 aliphatic heterocycles. The Labute approximate surface area is 205 Å². The van der Waals surface area contributed by atoms with Crippen LogP contribution in [0.2, 0.25) is 0 Å². The van der Waals surface area contributed by atoms with Gasteiger partial charge in [-0.3, -0.25) is 4.79 Å². The van der Waals surface area contributed by atoms with E-state index in [2.05, 4.69) is 19.7 Å². The van der Waals surface area contributed by atoms with Crippen LogP contribution in [0, 0.1) is 0 Å². The molecule has 0 aromatic heterocycles. The molecule has 7 nitrogen and oxygen atoms in total. The Kier molecular flexibility index (Phi) is 11.4. The van der Waals surface area contributed by atoms with Crippen LogP contribution in [0.1, 0.15) is 11.1 Å². The maximum atomic E-state index is 12.3. The number of carbonyl (C=O) groups is 2. The van der Waals surface area contributed by atoms with Gasteiger partial charge in [0.1, 0.15) is 19.8 Å². The van der Waals surface area contributed by atoms with Crippen LogP contribution in [0.5, 0.6) is 23.0 Å². The van der Waals surface area contributed by atoms with E-state index >= 15 is 0 Å². The van der Waals surface area contributed by atoms with Crippen molar-refractivity contribution in [2.24, 2.45) is 0 Å². The standard InChI is InChI=1S/C28H30O7/c1-5-14-32-25-12-9-22(19-27(25)34-16-7-3)17-23(29)20-35-28(30)13-10-21-8-11-24(31-4)26(18-21)33-15-6-2/h5-13,18-19H,1-3,14-17,20H2,4H3/b13-10+. The number of methoxy groups -OCH3 is 1. The van der Waals surface area contributed by atoms with Crippen LogP contribution in [0.4, 0.5) is 0 Å². The highest BCUT2D eigenvalue weighted by molar-refractivity contribution is 5.90. The van der Waals surface area contributed by atoms with Crippen molar-refractivity contribution >= 4 is 17.8 Å². The van der Waals surface area contributed by atoms with E-state index in [0.717, 1.165) is 0 Å². The zero-order valence-corrected chi connectivity index (χ0v) is 19.9. The first-order chi connectivity index (χ1) is 17.0. The molecular weight excluding hydrogens is 448 g/mol. The molecule has 0 fully saturated rings. The second-order valence-electron chi connectivity index (χ2n) is 7.15. The molecular formula is C28H30O7. The smallest absolute Gasteiger partial charge is 0.331 e. The number of carbonyl (C=O) groups excluding carboxylic acids is 2. The van der Waals surface area contributed by atoms with Crippen molar-refractivity contribution in [3.63, 3.8) is 0 Å². The van der Waals surface area contributed by atoms with Crippen LogP contribution < -0.4 is 18.9 Å². The van der Waals surface area contributed by atoms with Gasteiger partial charge in [0.15, 0.2) is 35.4 Å². The van der Waals surface area contributed by atoms with Gasteiger partial charge in [0.05, 0.1) is 7.11 Å². The van der Waals surface area contributed by atoms with Gasteiger partial charge in [-0.05, 0) is 41.5 Å². The van der Waals surface area contributed by atoms with Crippen molar-refractivity contribution in [1.82, 2.24) is 0 Å². The number of Topliss-reactive ketones (excluding diaryl/α,β-unsaturated/α-hetero) is 1. The topological polar surface area (TPSA) is 80.3 Å². The number of ketones is 1. The third-order valence-electron chi connectivity index (χ3n) is 4.45. The normalized spacial score (nSPS) is 10.3. The van der Waals surface area contributed by atoms with Crippen LogP contribution >= 0.6 is 0 Å². The predicted octanol–water partition coefficient (Wildman–Crippen LogP) is 4.76.